The minimum absolute atomic E-state index is 0.139. The van der Waals surface area contributed by atoms with E-state index < -0.39 is 5.97 Å². The first-order chi connectivity index (χ1) is 11.8. The quantitative estimate of drug-likeness (QED) is 0.445. The highest BCUT2D eigenvalue weighted by Crippen LogP contribution is 2.14. The molecular formula is C20H26BrNO3. The summed E-state index contributed by atoms with van der Waals surface area (Å²) in [5.74, 6) is -0.793. The molecule has 0 bridgehead atoms. The molecule has 4 nitrogen and oxygen atoms in total. The number of rotatable bonds is 5. The summed E-state index contributed by atoms with van der Waals surface area (Å²) in [4.78, 5) is 22.8. The van der Waals surface area contributed by atoms with Gasteiger partial charge in [-0.2, -0.15) is 0 Å². The molecular weight excluding hydrogens is 382 g/mol. The molecule has 25 heavy (non-hydrogen) atoms. The molecule has 0 saturated carbocycles. The molecule has 0 heterocycles. The van der Waals surface area contributed by atoms with E-state index >= 15 is 0 Å². The number of methoxy groups -OCH3 is 1. The summed E-state index contributed by atoms with van der Waals surface area (Å²) in [6.07, 6.45) is 5.20. The Morgan fingerprint density at radius 3 is 2.20 bits per heavy atom. The Kier molecular flexibility index (Phi) is 12.1. The van der Waals surface area contributed by atoms with E-state index in [2.05, 4.69) is 45.0 Å². The number of ether oxygens (including phenoxy) is 1. The largest absolute Gasteiger partial charge is 0.468 e. The predicted octanol–water partition coefficient (Wildman–Crippen LogP) is 4.46. The first kappa shape index (κ1) is 22.9. The van der Waals surface area contributed by atoms with Crippen molar-refractivity contribution >= 4 is 27.8 Å². The van der Waals surface area contributed by atoms with E-state index in [-0.39, 0.29) is 12.5 Å². The Morgan fingerprint density at radius 2 is 1.80 bits per heavy atom. The molecule has 1 aromatic rings. The lowest BCUT2D eigenvalue weighted by Crippen LogP contribution is -2.30. The zero-order valence-corrected chi connectivity index (χ0v) is 17.0. The Balaban J connectivity index is 0.000000676. The van der Waals surface area contributed by atoms with Gasteiger partial charge in [-0.1, -0.05) is 64.0 Å². The zero-order chi connectivity index (χ0) is 19.2. The number of hydrogen-bond acceptors (Lipinski definition) is 3. The van der Waals surface area contributed by atoms with Crippen molar-refractivity contribution in [2.45, 2.75) is 27.7 Å². The van der Waals surface area contributed by atoms with Crippen molar-refractivity contribution in [1.82, 2.24) is 5.32 Å². The monoisotopic (exact) mass is 407 g/mol. The molecule has 0 aromatic heterocycles. The number of amides is 1. The molecule has 0 aliphatic heterocycles. The van der Waals surface area contributed by atoms with Gasteiger partial charge < -0.3 is 10.1 Å². The van der Waals surface area contributed by atoms with Crippen molar-refractivity contribution in [2.75, 3.05) is 13.7 Å². The second kappa shape index (κ2) is 13.2. The van der Waals surface area contributed by atoms with Crippen molar-refractivity contribution in [3.63, 3.8) is 0 Å². The van der Waals surface area contributed by atoms with E-state index in [4.69, 9.17) is 0 Å². The summed E-state index contributed by atoms with van der Waals surface area (Å²) < 4.78 is 5.40. The molecule has 0 spiro atoms. The van der Waals surface area contributed by atoms with E-state index in [1.807, 2.05) is 39.0 Å². The Morgan fingerprint density at radius 1 is 1.20 bits per heavy atom. The third kappa shape index (κ3) is 11.1. The van der Waals surface area contributed by atoms with Crippen LogP contribution in [0.3, 0.4) is 0 Å². The van der Waals surface area contributed by atoms with E-state index in [1.54, 1.807) is 18.2 Å². The number of aryl methyl sites for hydroxylation is 1. The highest BCUT2D eigenvalue weighted by Gasteiger charge is 2.08. The summed E-state index contributed by atoms with van der Waals surface area (Å²) in [5, 5.41) is 2.49. The number of halogens is 1. The molecule has 1 N–H and O–H groups in total. The van der Waals surface area contributed by atoms with E-state index in [0.29, 0.717) is 5.57 Å². The van der Waals surface area contributed by atoms with Crippen molar-refractivity contribution in [3.05, 3.63) is 69.8 Å². The summed E-state index contributed by atoms with van der Waals surface area (Å²) in [6, 6.07) is 10.3. The number of carbonyl (C=O) groups is 2. The number of benzene rings is 1. The molecule has 0 saturated heterocycles. The van der Waals surface area contributed by atoms with Gasteiger partial charge in [0.1, 0.15) is 6.54 Å². The maximum atomic E-state index is 11.8. The van der Waals surface area contributed by atoms with Crippen LogP contribution in [0.5, 0.6) is 0 Å². The molecule has 0 unspecified atom stereocenters. The van der Waals surface area contributed by atoms with Crippen LogP contribution in [0.1, 0.15) is 26.3 Å². The van der Waals surface area contributed by atoms with Gasteiger partial charge in [0.15, 0.2) is 0 Å². The van der Waals surface area contributed by atoms with Crippen LogP contribution in [0.25, 0.3) is 0 Å². The van der Waals surface area contributed by atoms with Crippen molar-refractivity contribution in [3.8, 4) is 0 Å². The van der Waals surface area contributed by atoms with E-state index in [1.165, 1.54) is 12.7 Å². The molecule has 1 aromatic carbocycles. The maximum absolute atomic E-state index is 11.8. The summed E-state index contributed by atoms with van der Waals surface area (Å²) in [7, 11) is 1.28. The highest BCUT2D eigenvalue weighted by molar-refractivity contribution is 9.11. The van der Waals surface area contributed by atoms with Crippen LogP contribution < -0.4 is 5.32 Å². The smallest absolute Gasteiger partial charge is 0.325 e. The number of allylic oxidation sites excluding steroid dienone is 4. The number of esters is 1. The van der Waals surface area contributed by atoms with Gasteiger partial charge in [-0.15, -0.1) is 0 Å². The predicted molar refractivity (Wildman–Crippen MR) is 106 cm³/mol. The lowest BCUT2D eigenvalue weighted by atomic mass is 10.1. The van der Waals surface area contributed by atoms with Gasteiger partial charge in [0, 0.05) is 5.57 Å². The summed E-state index contributed by atoms with van der Waals surface area (Å²) in [5.41, 5.74) is 2.75. The molecule has 0 aliphatic carbocycles. The van der Waals surface area contributed by atoms with E-state index in [9.17, 15) is 9.59 Å². The fourth-order valence-electron chi connectivity index (χ4n) is 1.56. The number of nitrogens with one attached hydrogen (secondary N) is 1. The van der Waals surface area contributed by atoms with Crippen molar-refractivity contribution < 1.29 is 14.3 Å². The second-order valence-corrected chi connectivity index (χ2v) is 6.42. The average molecular weight is 408 g/mol. The number of carbonyl (C=O) groups excluding carboxylic acids is 2. The Labute approximate surface area is 158 Å². The van der Waals surface area contributed by atoms with Gasteiger partial charge in [-0.25, -0.2) is 0 Å². The molecule has 136 valence electrons. The van der Waals surface area contributed by atoms with E-state index in [0.717, 1.165) is 10.1 Å². The second-order valence-electron chi connectivity index (χ2n) is 5.23. The third-order valence-corrected chi connectivity index (χ3v) is 3.71. The molecule has 0 radical (unpaired) electrons. The van der Waals surface area contributed by atoms with Crippen LogP contribution in [0, 0.1) is 6.92 Å². The van der Waals surface area contributed by atoms with Crippen LogP contribution in [-0.4, -0.2) is 25.5 Å². The fourth-order valence-corrected chi connectivity index (χ4v) is 1.68. The Bertz CT molecular complexity index is 642. The van der Waals surface area contributed by atoms with Gasteiger partial charge >= 0.3 is 5.97 Å². The van der Waals surface area contributed by atoms with Gasteiger partial charge in [0.25, 0.3) is 5.91 Å². The van der Waals surface area contributed by atoms with Crippen molar-refractivity contribution in [1.29, 1.82) is 0 Å². The van der Waals surface area contributed by atoms with Gasteiger partial charge in [0.05, 0.1) is 7.11 Å². The SMILES string of the molecule is C/C=C/C(=C\C(C)=C(/C)Br)C(=O)NCC(=O)OC.Cc1ccccc1. The minimum atomic E-state index is -0.480. The summed E-state index contributed by atoms with van der Waals surface area (Å²) in [6.45, 7) is 7.55. The third-order valence-electron chi connectivity index (χ3n) is 3.09. The fraction of sp³-hybridized carbons (Fsp3) is 0.300. The maximum Gasteiger partial charge on any atom is 0.325 e. The lowest BCUT2D eigenvalue weighted by Gasteiger charge is -2.05. The van der Waals surface area contributed by atoms with Crippen LogP contribution in [0.15, 0.2) is 64.2 Å². The standard InChI is InChI=1S/C13H18BrNO3.C7H8/c1-5-6-11(7-9(2)10(3)14)13(17)15-8-12(16)18-4;1-7-5-3-2-4-6-7/h5-7H,8H2,1-4H3,(H,15,17);2-6H,1H3/b6-5+,10-9+,11-7+;. The minimum Gasteiger partial charge on any atom is -0.468 e. The molecule has 1 amide bonds. The first-order valence-electron chi connectivity index (χ1n) is 7.85. The van der Waals surface area contributed by atoms with Crippen LogP contribution in [-0.2, 0) is 14.3 Å². The average Bonchev–Trinajstić information content (AvgIpc) is 2.59. The normalized spacial score (nSPS) is 12.0. The van der Waals surface area contributed by atoms with Gasteiger partial charge in [-0.05, 0) is 43.8 Å². The van der Waals surface area contributed by atoms with Crippen LogP contribution in [0.4, 0.5) is 0 Å². The molecule has 0 fully saturated rings. The first-order valence-corrected chi connectivity index (χ1v) is 8.65. The summed E-state index contributed by atoms with van der Waals surface area (Å²) >= 11 is 3.35. The lowest BCUT2D eigenvalue weighted by molar-refractivity contribution is -0.140. The molecule has 0 atom stereocenters. The van der Waals surface area contributed by atoms with Crippen LogP contribution in [0.2, 0.25) is 0 Å². The van der Waals surface area contributed by atoms with Crippen molar-refractivity contribution in [2.24, 2.45) is 0 Å². The van der Waals surface area contributed by atoms with Gasteiger partial charge in [0.2, 0.25) is 0 Å². The highest BCUT2D eigenvalue weighted by atomic mass is 79.9. The van der Waals surface area contributed by atoms with Gasteiger partial charge in [-0.3, -0.25) is 9.59 Å². The topological polar surface area (TPSA) is 55.4 Å². The molecule has 5 heteroatoms. The van der Waals surface area contributed by atoms with Crippen LogP contribution >= 0.6 is 15.9 Å². The molecule has 1 rings (SSSR count). The number of hydrogen-bond donors (Lipinski definition) is 1. The molecule has 0 aliphatic rings. The Hall–Kier alpha value is -2.14. The zero-order valence-electron chi connectivity index (χ0n) is 15.4.